The zero-order valence-electron chi connectivity index (χ0n) is 7.73. The summed E-state index contributed by atoms with van der Waals surface area (Å²) < 4.78 is 0. The fourth-order valence-corrected chi connectivity index (χ4v) is 1.10. The molecule has 2 N–H and O–H groups in total. The minimum absolute atomic E-state index is 0.0475. The van der Waals surface area contributed by atoms with E-state index < -0.39 is 0 Å². The lowest BCUT2D eigenvalue weighted by atomic mass is 10.3. The molecule has 1 rings (SSSR count). The van der Waals surface area contributed by atoms with Gasteiger partial charge < -0.3 is 10.6 Å². The minimum atomic E-state index is 0.0475. The summed E-state index contributed by atoms with van der Waals surface area (Å²) in [6, 6.07) is 9.76. The monoisotopic (exact) mass is 178 g/mol. The molecule has 13 heavy (non-hydrogen) atoms. The molecule has 0 aliphatic carbocycles. The highest BCUT2D eigenvalue weighted by atomic mass is 16.1. The quantitative estimate of drug-likeness (QED) is 0.736. The Morgan fingerprint density at radius 2 is 2.00 bits per heavy atom. The number of ketones is 1. The van der Waals surface area contributed by atoms with Crippen molar-refractivity contribution in [2.24, 2.45) is 5.73 Å². The van der Waals surface area contributed by atoms with Gasteiger partial charge in [-0.25, -0.2) is 0 Å². The zero-order valence-corrected chi connectivity index (χ0v) is 7.73. The van der Waals surface area contributed by atoms with Crippen LogP contribution in [0.4, 0.5) is 5.69 Å². The summed E-state index contributed by atoms with van der Waals surface area (Å²) in [5, 5.41) is 0. The number of nitrogens with zero attached hydrogens (tertiary/aromatic N) is 1. The molecule has 1 aromatic carbocycles. The Morgan fingerprint density at radius 1 is 1.38 bits per heavy atom. The normalized spacial score (nSPS) is 9.69. The first-order chi connectivity index (χ1) is 6.24. The molecule has 0 fully saturated rings. The molecule has 0 unspecified atom stereocenters. The van der Waals surface area contributed by atoms with Gasteiger partial charge in [-0.05, 0) is 12.1 Å². The summed E-state index contributed by atoms with van der Waals surface area (Å²) in [5.41, 5.74) is 6.25. The molecule has 0 aromatic heterocycles. The lowest BCUT2D eigenvalue weighted by Gasteiger charge is -2.17. The van der Waals surface area contributed by atoms with Gasteiger partial charge in [0.15, 0.2) is 5.78 Å². The van der Waals surface area contributed by atoms with E-state index in [-0.39, 0.29) is 12.3 Å². The maximum Gasteiger partial charge on any atom is 0.165 e. The van der Waals surface area contributed by atoms with Gasteiger partial charge in [0, 0.05) is 12.7 Å². The lowest BCUT2D eigenvalue weighted by Crippen LogP contribution is -2.29. The van der Waals surface area contributed by atoms with Crippen LogP contribution in [0.2, 0.25) is 0 Å². The van der Waals surface area contributed by atoms with Crippen molar-refractivity contribution in [1.82, 2.24) is 0 Å². The number of hydrogen-bond acceptors (Lipinski definition) is 3. The van der Waals surface area contributed by atoms with E-state index in [4.69, 9.17) is 5.73 Å². The van der Waals surface area contributed by atoms with E-state index in [2.05, 4.69) is 0 Å². The number of para-hydroxylation sites is 1. The summed E-state index contributed by atoms with van der Waals surface area (Å²) in [5.74, 6) is 0.0475. The van der Waals surface area contributed by atoms with Crippen molar-refractivity contribution < 1.29 is 4.79 Å². The average Bonchev–Trinajstić information content (AvgIpc) is 2.19. The first-order valence-corrected chi connectivity index (χ1v) is 4.22. The molecule has 0 spiro atoms. The molecule has 1 aromatic rings. The Morgan fingerprint density at radius 3 is 2.54 bits per heavy atom. The smallest absolute Gasteiger partial charge is 0.165 e. The fraction of sp³-hybridized carbons (Fsp3) is 0.300. The molecule has 0 atom stereocenters. The largest absolute Gasteiger partial charge is 0.367 e. The van der Waals surface area contributed by atoms with Gasteiger partial charge in [-0.2, -0.15) is 0 Å². The number of Topliss-reactive ketones (excluding diaryl/α,β-unsaturated/α-hetero) is 1. The van der Waals surface area contributed by atoms with Crippen LogP contribution in [-0.4, -0.2) is 25.9 Å². The molecule has 0 saturated heterocycles. The Hall–Kier alpha value is -1.35. The zero-order chi connectivity index (χ0) is 9.68. The number of anilines is 1. The van der Waals surface area contributed by atoms with Gasteiger partial charge >= 0.3 is 0 Å². The second-order valence-electron chi connectivity index (χ2n) is 2.93. The lowest BCUT2D eigenvalue weighted by molar-refractivity contribution is -0.116. The number of rotatable bonds is 4. The van der Waals surface area contributed by atoms with Crippen molar-refractivity contribution in [2.45, 2.75) is 0 Å². The molecule has 0 aliphatic rings. The van der Waals surface area contributed by atoms with Crippen LogP contribution in [-0.2, 0) is 4.79 Å². The number of carbonyl (C=O) groups is 1. The maximum absolute atomic E-state index is 11.0. The molecule has 3 heteroatoms. The maximum atomic E-state index is 11.0. The van der Waals surface area contributed by atoms with Crippen molar-refractivity contribution in [2.75, 3.05) is 25.0 Å². The molecule has 0 saturated carbocycles. The number of likely N-dealkylation sites (N-methyl/N-ethyl adjacent to an activating group) is 1. The molecule has 0 radical (unpaired) electrons. The molecule has 3 nitrogen and oxygen atoms in total. The van der Waals surface area contributed by atoms with Crippen molar-refractivity contribution >= 4 is 11.5 Å². The molecular formula is C10H14N2O. The van der Waals surface area contributed by atoms with E-state index in [1.807, 2.05) is 42.3 Å². The third-order valence-electron chi connectivity index (χ3n) is 1.84. The van der Waals surface area contributed by atoms with Crippen LogP contribution in [0.5, 0.6) is 0 Å². The first-order valence-electron chi connectivity index (χ1n) is 4.22. The van der Waals surface area contributed by atoms with Crippen molar-refractivity contribution in [3.05, 3.63) is 30.3 Å². The average molecular weight is 178 g/mol. The Labute approximate surface area is 78.2 Å². The van der Waals surface area contributed by atoms with Crippen LogP contribution in [0.3, 0.4) is 0 Å². The minimum Gasteiger partial charge on any atom is -0.367 e. The van der Waals surface area contributed by atoms with Gasteiger partial charge in [0.25, 0.3) is 0 Å². The van der Waals surface area contributed by atoms with E-state index in [9.17, 15) is 4.79 Å². The van der Waals surface area contributed by atoms with E-state index in [0.717, 1.165) is 5.69 Å². The summed E-state index contributed by atoms with van der Waals surface area (Å²) in [6.45, 7) is 0.484. The number of carbonyl (C=O) groups excluding carboxylic acids is 1. The third kappa shape index (κ3) is 2.87. The predicted molar refractivity (Wildman–Crippen MR) is 53.8 cm³/mol. The van der Waals surface area contributed by atoms with Gasteiger partial charge in [0.1, 0.15) is 0 Å². The van der Waals surface area contributed by atoms with Crippen LogP contribution >= 0.6 is 0 Å². The van der Waals surface area contributed by atoms with Gasteiger partial charge in [0.05, 0.1) is 13.1 Å². The van der Waals surface area contributed by atoms with E-state index in [1.165, 1.54) is 0 Å². The van der Waals surface area contributed by atoms with Crippen molar-refractivity contribution in [3.63, 3.8) is 0 Å². The summed E-state index contributed by atoms with van der Waals surface area (Å²) in [6.07, 6.45) is 0. The van der Waals surface area contributed by atoms with Crippen LogP contribution < -0.4 is 10.6 Å². The van der Waals surface area contributed by atoms with Gasteiger partial charge in [0.2, 0.25) is 0 Å². The van der Waals surface area contributed by atoms with Crippen LogP contribution in [0, 0.1) is 0 Å². The predicted octanol–water partition coefficient (Wildman–Crippen LogP) is 0.651. The Balaban J connectivity index is 2.59. The highest BCUT2D eigenvalue weighted by Crippen LogP contribution is 2.09. The third-order valence-corrected chi connectivity index (χ3v) is 1.84. The SMILES string of the molecule is CN(CC(=O)CN)c1ccccc1. The topological polar surface area (TPSA) is 46.3 Å². The standard InChI is InChI=1S/C10H14N2O/c1-12(8-10(13)7-11)9-5-3-2-4-6-9/h2-6H,7-8,11H2,1H3. The first kappa shape index (κ1) is 9.74. The highest BCUT2D eigenvalue weighted by Gasteiger charge is 2.04. The Kier molecular flexibility index (Phi) is 3.46. The summed E-state index contributed by atoms with van der Waals surface area (Å²) >= 11 is 0. The number of nitrogens with two attached hydrogens (primary N) is 1. The number of hydrogen-bond donors (Lipinski definition) is 1. The van der Waals surface area contributed by atoms with E-state index in [1.54, 1.807) is 0 Å². The van der Waals surface area contributed by atoms with Gasteiger partial charge in [-0.15, -0.1) is 0 Å². The molecule has 0 bridgehead atoms. The molecule has 0 heterocycles. The van der Waals surface area contributed by atoms with Crippen LogP contribution in [0.25, 0.3) is 0 Å². The van der Waals surface area contributed by atoms with Crippen molar-refractivity contribution in [1.29, 1.82) is 0 Å². The van der Waals surface area contributed by atoms with Crippen LogP contribution in [0.1, 0.15) is 0 Å². The van der Waals surface area contributed by atoms with E-state index >= 15 is 0 Å². The van der Waals surface area contributed by atoms with Gasteiger partial charge in [-0.3, -0.25) is 4.79 Å². The second kappa shape index (κ2) is 4.62. The van der Waals surface area contributed by atoms with Gasteiger partial charge in [-0.1, -0.05) is 18.2 Å². The van der Waals surface area contributed by atoms with E-state index in [0.29, 0.717) is 6.54 Å². The molecule has 70 valence electrons. The Bertz CT molecular complexity index is 272. The van der Waals surface area contributed by atoms with Crippen molar-refractivity contribution in [3.8, 4) is 0 Å². The summed E-state index contributed by atoms with van der Waals surface area (Å²) in [4.78, 5) is 12.9. The number of benzene rings is 1. The highest BCUT2D eigenvalue weighted by molar-refractivity contribution is 5.84. The van der Waals surface area contributed by atoms with Crippen LogP contribution in [0.15, 0.2) is 30.3 Å². The molecular weight excluding hydrogens is 164 g/mol. The molecule has 0 amide bonds. The second-order valence-corrected chi connectivity index (χ2v) is 2.93. The molecule has 0 aliphatic heterocycles. The fourth-order valence-electron chi connectivity index (χ4n) is 1.10. The summed E-state index contributed by atoms with van der Waals surface area (Å²) in [7, 11) is 1.88.